The molecule has 0 aliphatic carbocycles. The molecule has 0 spiro atoms. The van der Waals surface area contributed by atoms with Crippen molar-refractivity contribution < 1.29 is 0 Å². The van der Waals surface area contributed by atoms with Gasteiger partial charge in [0, 0.05) is 36.2 Å². The summed E-state index contributed by atoms with van der Waals surface area (Å²) >= 11 is 3.41. The third-order valence-electron chi connectivity index (χ3n) is 2.17. The molecule has 82 valence electrons. The van der Waals surface area contributed by atoms with Crippen LogP contribution >= 0.6 is 15.9 Å². The summed E-state index contributed by atoms with van der Waals surface area (Å²) in [6, 6.07) is 8.26. The third kappa shape index (κ3) is 3.40. The second-order valence-corrected chi connectivity index (χ2v) is 4.34. The van der Waals surface area contributed by atoms with Gasteiger partial charge >= 0.3 is 0 Å². The van der Waals surface area contributed by atoms with Crippen LogP contribution in [0.3, 0.4) is 0 Å². The second kappa shape index (κ2) is 5.72. The molecule has 0 aliphatic rings. The molecule has 0 saturated carbocycles. The molecule has 0 fully saturated rings. The van der Waals surface area contributed by atoms with Crippen LogP contribution in [0.1, 0.15) is 11.3 Å². The molecule has 2 rings (SSSR count). The maximum atomic E-state index is 4.19. The number of nitrogens with one attached hydrogen (secondary N) is 1. The lowest BCUT2D eigenvalue weighted by Gasteiger charge is -2.04. The molecule has 0 atom stereocenters. The van der Waals surface area contributed by atoms with E-state index in [0.29, 0.717) is 0 Å². The van der Waals surface area contributed by atoms with Crippen LogP contribution in [0.15, 0.2) is 47.3 Å². The van der Waals surface area contributed by atoms with Crippen LogP contribution in [-0.2, 0) is 13.1 Å². The van der Waals surface area contributed by atoms with Gasteiger partial charge in [0.1, 0.15) is 0 Å². The van der Waals surface area contributed by atoms with Gasteiger partial charge in [0.2, 0.25) is 0 Å². The molecule has 1 heterocycles. The lowest BCUT2D eigenvalue weighted by atomic mass is 10.2. The quantitative estimate of drug-likeness (QED) is 0.933. The van der Waals surface area contributed by atoms with Gasteiger partial charge in [-0.2, -0.15) is 0 Å². The van der Waals surface area contributed by atoms with Crippen LogP contribution in [-0.4, -0.2) is 9.97 Å². The molecule has 16 heavy (non-hydrogen) atoms. The third-order valence-corrected chi connectivity index (χ3v) is 2.69. The van der Waals surface area contributed by atoms with Crippen molar-refractivity contribution in [3.63, 3.8) is 0 Å². The molecule has 1 N–H and O–H groups in total. The number of rotatable bonds is 4. The summed E-state index contributed by atoms with van der Waals surface area (Å²) in [6.07, 6.45) is 5.16. The van der Waals surface area contributed by atoms with Crippen molar-refractivity contribution in [2.75, 3.05) is 0 Å². The molecule has 3 nitrogen and oxygen atoms in total. The molecule has 0 bridgehead atoms. The van der Waals surface area contributed by atoms with E-state index in [4.69, 9.17) is 0 Å². The number of benzene rings is 1. The van der Waals surface area contributed by atoms with Crippen LogP contribution in [0, 0.1) is 0 Å². The summed E-state index contributed by atoms with van der Waals surface area (Å²) in [7, 11) is 0. The number of aromatic nitrogens is 2. The predicted molar refractivity (Wildman–Crippen MR) is 66.7 cm³/mol. The zero-order valence-electron chi connectivity index (χ0n) is 8.73. The molecule has 2 aromatic rings. The van der Waals surface area contributed by atoms with Crippen LogP contribution < -0.4 is 5.32 Å². The van der Waals surface area contributed by atoms with Gasteiger partial charge in [0.15, 0.2) is 0 Å². The predicted octanol–water partition coefficient (Wildman–Crippen LogP) is 2.53. The highest BCUT2D eigenvalue weighted by atomic mass is 79.9. The Labute approximate surface area is 103 Å². The molecule has 0 aliphatic heterocycles. The van der Waals surface area contributed by atoms with E-state index in [1.54, 1.807) is 18.6 Å². The van der Waals surface area contributed by atoms with Gasteiger partial charge in [0.25, 0.3) is 0 Å². The van der Waals surface area contributed by atoms with Gasteiger partial charge < -0.3 is 5.32 Å². The Morgan fingerprint density at radius 3 is 2.56 bits per heavy atom. The van der Waals surface area contributed by atoms with E-state index in [2.05, 4.69) is 43.3 Å². The fourth-order valence-corrected chi connectivity index (χ4v) is 1.62. The first kappa shape index (κ1) is 11.2. The first-order valence-electron chi connectivity index (χ1n) is 5.04. The Hall–Kier alpha value is -1.26. The number of hydrogen-bond donors (Lipinski definition) is 1. The van der Waals surface area contributed by atoms with E-state index in [1.807, 2.05) is 12.1 Å². The van der Waals surface area contributed by atoms with Gasteiger partial charge in [-0.3, -0.25) is 9.97 Å². The highest BCUT2D eigenvalue weighted by Crippen LogP contribution is 2.10. The summed E-state index contributed by atoms with van der Waals surface area (Å²) in [4.78, 5) is 8.20. The van der Waals surface area contributed by atoms with E-state index in [9.17, 15) is 0 Å². The summed E-state index contributed by atoms with van der Waals surface area (Å²) in [5.74, 6) is 0. The lowest BCUT2D eigenvalue weighted by molar-refractivity contribution is 0.677. The minimum absolute atomic E-state index is 0.740. The molecule has 0 amide bonds. The van der Waals surface area contributed by atoms with Gasteiger partial charge in [0.05, 0.1) is 5.69 Å². The van der Waals surface area contributed by atoms with Gasteiger partial charge in [-0.15, -0.1) is 0 Å². The van der Waals surface area contributed by atoms with Crippen molar-refractivity contribution in [2.45, 2.75) is 13.1 Å². The number of halogens is 1. The summed E-state index contributed by atoms with van der Waals surface area (Å²) in [5.41, 5.74) is 2.21. The topological polar surface area (TPSA) is 37.8 Å². The fourth-order valence-electron chi connectivity index (χ4n) is 1.36. The monoisotopic (exact) mass is 277 g/mol. The van der Waals surface area contributed by atoms with Gasteiger partial charge in [-0.1, -0.05) is 28.1 Å². The smallest absolute Gasteiger partial charge is 0.0724 e. The second-order valence-electron chi connectivity index (χ2n) is 3.43. The van der Waals surface area contributed by atoms with Crippen molar-refractivity contribution in [2.24, 2.45) is 0 Å². The van der Waals surface area contributed by atoms with Crippen molar-refractivity contribution in [3.8, 4) is 0 Å². The van der Waals surface area contributed by atoms with Crippen LogP contribution in [0.4, 0.5) is 0 Å². The largest absolute Gasteiger partial charge is 0.307 e. The fraction of sp³-hybridized carbons (Fsp3) is 0.167. The van der Waals surface area contributed by atoms with Crippen molar-refractivity contribution in [1.82, 2.24) is 15.3 Å². The van der Waals surface area contributed by atoms with E-state index >= 15 is 0 Å². The average Bonchev–Trinajstić information content (AvgIpc) is 2.33. The Balaban J connectivity index is 1.82. The number of hydrogen-bond acceptors (Lipinski definition) is 3. The van der Waals surface area contributed by atoms with E-state index in [1.165, 1.54) is 5.56 Å². The first-order valence-corrected chi connectivity index (χ1v) is 5.84. The Kier molecular flexibility index (Phi) is 4.02. The van der Waals surface area contributed by atoms with Gasteiger partial charge in [-0.05, 0) is 17.7 Å². The number of nitrogens with zero attached hydrogens (tertiary/aromatic N) is 2. The van der Waals surface area contributed by atoms with Crippen molar-refractivity contribution in [1.29, 1.82) is 0 Å². The molecule has 0 unspecified atom stereocenters. The Morgan fingerprint density at radius 1 is 1.06 bits per heavy atom. The standard InChI is InChI=1S/C12H12BrN3/c13-11-3-1-10(2-4-11)7-15-9-12-8-14-5-6-16-12/h1-6,8,15H,7,9H2. The molecule has 0 saturated heterocycles. The Morgan fingerprint density at radius 2 is 1.88 bits per heavy atom. The molecular formula is C12H12BrN3. The van der Waals surface area contributed by atoms with Crippen LogP contribution in [0.25, 0.3) is 0 Å². The van der Waals surface area contributed by atoms with Gasteiger partial charge in [-0.25, -0.2) is 0 Å². The van der Waals surface area contributed by atoms with E-state index in [0.717, 1.165) is 23.3 Å². The Bertz CT molecular complexity index is 428. The maximum absolute atomic E-state index is 4.19. The van der Waals surface area contributed by atoms with E-state index in [-0.39, 0.29) is 0 Å². The minimum atomic E-state index is 0.740. The van der Waals surface area contributed by atoms with Crippen molar-refractivity contribution in [3.05, 3.63) is 58.6 Å². The van der Waals surface area contributed by atoms with Crippen molar-refractivity contribution >= 4 is 15.9 Å². The summed E-state index contributed by atoms with van der Waals surface area (Å²) < 4.78 is 1.10. The zero-order valence-corrected chi connectivity index (χ0v) is 10.3. The minimum Gasteiger partial charge on any atom is -0.307 e. The normalized spacial score (nSPS) is 10.3. The molecule has 4 heteroatoms. The first-order chi connectivity index (χ1) is 7.84. The average molecular weight is 278 g/mol. The highest BCUT2D eigenvalue weighted by Gasteiger charge is 1.95. The summed E-state index contributed by atoms with van der Waals surface area (Å²) in [5, 5.41) is 3.32. The lowest BCUT2D eigenvalue weighted by Crippen LogP contribution is -2.13. The highest BCUT2D eigenvalue weighted by molar-refractivity contribution is 9.10. The molecule has 0 radical (unpaired) electrons. The van der Waals surface area contributed by atoms with E-state index < -0.39 is 0 Å². The van der Waals surface area contributed by atoms with Crippen LogP contribution in [0.5, 0.6) is 0 Å². The SMILES string of the molecule is Brc1ccc(CNCc2cnccn2)cc1. The molecule has 1 aromatic carbocycles. The van der Waals surface area contributed by atoms with Crippen LogP contribution in [0.2, 0.25) is 0 Å². The summed E-state index contributed by atoms with van der Waals surface area (Å²) in [6.45, 7) is 1.58. The zero-order chi connectivity index (χ0) is 11.2. The maximum Gasteiger partial charge on any atom is 0.0724 e. The molecule has 1 aromatic heterocycles. The molecular weight excluding hydrogens is 266 g/mol.